The van der Waals surface area contributed by atoms with Gasteiger partial charge in [-0.1, -0.05) is 18.2 Å². The van der Waals surface area contributed by atoms with E-state index in [-0.39, 0.29) is 0 Å². The number of aromatic amines is 1. The van der Waals surface area contributed by atoms with Crippen LogP contribution in [-0.2, 0) is 6.54 Å². The molecule has 0 radical (unpaired) electrons. The summed E-state index contributed by atoms with van der Waals surface area (Å²) in [6.45, 7) is 7.85. The molecular formula is C15H21N3. The van der Waals surface area contributed by atoms with Crippen LogP contribution in [0.3, 0.4) is 0 Å². The van der Waals surface area contributed by atoms with E-state index >= 15 is 0 Å². The minimum absolute atomic E-state index is 1.06. The van der Waals surface area contributed by atoms with E-state index in [2.05, 4.69) is 46.5 Å². The number of nitrogens with one attached hydrogen (secondary N) is 2. The summed E-state index contributed by atoms with van der Waals surface area (Å²) in [7, 11) is 0. The normalized spacial score (nSPS) is 18.1. The van der Waals surface area contributed by atoms with Gasteiger partial charge in [0.25, 0.3) is 0 Å². The Hall–Kier alpha value is -1.32. The zero-order valence-electron chi connectivity index (χ0n) is 11.0. The third-order valence-electron chi connectivity index (χ3n) is 3.84. The summed E-state index contributed by atoms with van der Waals surface area (Å²) < 4.78 is 0. The van der Waals surface area contributed by atoms with Gasteiger partial charge in [-0.2, -0.15) is 0 Å². The number of hydrogen-bond acceptors (Lipinski definition) is 2. The van der Waals surface area contributed by atoms with E-state index in [0.29, 0.717) is 0 Å². The summed E-state index contributed by atoms with van der Waals surface area (Å²) >= 11 is 0. The van der Waals surface area contributed by atoms with Gasteiger partial charge in [0, 0.05) is 36.7 Å². The zero-order chi connectivity index (χ0) is 12.4. The Morgan fingerprint density at radius 2 is 2.17 bits per heavy atom. The van der Waals surface area contributed by atoms with Gasteiger partial charge < -0.3 is 10.3 Å². The van der Waals surface area contributed by atoms with Crippen LogP contribution in [-0.4, -0.2) is 36.1 Å². The largest absolute Gasteiger partial charge is 0.361 e. The van der Waals surface area contributed by atoms with Gasteiger partial charge in [0.1, 0.15) is 0 Å². The first-order valence-corrected chi connectivity index (χ1v) is 6.83. The maximum absolute atomic E-state index is 3.45. The molecule has 2 heterocycles. The standard InChI is InChI=1S/C15H21N3/c1-12-4-2-5-14-13(10-17-15(12)14)11-18-8-3-6-16-7-9-18/h2,4-5,10,16-17H,3,6-9,11H2,1H3. The topological polar surface area (TPSA) is 31.1 Å². The fraction of sp³-hybridized carbons (Fsp3) is 0.467. The lowest BCUT2D eigenvalue weighted by atomic mass is 10.1. The first kappa shape index (κ1) is 11.8. The molecule has 0 saturated carbocycles. The molecule has 1 aromatic carbocycles. The predicted octanol–water partition coefficient (Wildman–Crippen LogP) is 2.27. The first-order chi connectivity index (χ1) is 8.84. The molecular weight excluding hydrogens is 222 g/mol. The Balaban J connectivity index is 1.83. The number of aromatic nitrogens is 1. The summed E-state index contributed by atoms with van der Waals surface area (Å²) in [4.78, 5) is 5.97. The minimum atomic E-state index is 1.06. The molecule has 0 spiro atoms. The summed E-state index contributed by atoms with van der Waals surface area (Å²) in [6.07, 6.45) is 3.43. The van der Waals surface area contributed by atoms with E-state index in [1.54, 1.807) is 0 Å². The van der Waals surface area contributed by atoms with Crippen molar-refractivity contribution in [2.45, 2.75) is 19.9 Å². The van der Waals surface area contributed by atoms with Crippen LogP contribution in [0.4, 0.5) is 0 Å². The van der Waals surface area contributed by atoms with Crippen molar-refractivity contribution in [3.63, 3.8) is 0 Å². The fourth-order valence-corrected chi connectivity index (χ4v) is 2.80. The molecule has 0 atom stereocenters. The number of aryl methyl sites for hydroxylation is 1. The van der Waals surface area contributed by atoms with Gasteiger partial charge in [0.15, 0.2) is 0 Å². The molecule has 2 N–H and O–H groups in total. The number of H-pyrrole nitrogens is 1. The van der Waals surface area contributed by atoms with E-state index < -0.39 is 0 Å². The van der Waals surface area contributed by atoms with Gasteiger partial charge in [0.05, 0.1) is 0 Å². The third kappa shape index (κ3) is 2.28. The van der Waals surface area contributed by atoms with Crippen molar-refractivity contribution in [1.29, 1.82) is 0 Å². The molecule has 0 amide bonds. The molecule has 0 unspecified atom stereocenters. The van der Waals surface area contributed by atoms with Crippen molar-refractivity contribution in [3.05, 3.63) is 35.5 Å². The molecule has 18 heavy (non-hydrogen) atoms. The average molecular weight is 243 g/mol. The lowest BCUT2D eigenvalue weighted by molar-refractivity contribution is 0.285. The van der Waals surface area contributed by atoms with Crippen LogP contribution < -0.4 is 5.32 Å². The molecule has 1 aromatic heterocycles. The molecule has 1 aliphatic heterocycles. The van der Waals surface area contributed by atoms with E-state index in [0.717, 1.165) is 26.2 Å². The van der Waals surface area contributed by atoms with Crippen LogP contribution in [0.15, 0.2) is 24.4 Å². The molecule has 3 heteroatoms. The van der Waals surface area contributed by atoms with Gasteiger partial charge in [-0.25, -0.2) is 0 Å². The highest BCUT2D eigenvalue weighted by Gasteiger charge is 2.12. The Bertz CT molecular complexity index is 522. The quantitative estimate of drug-likeness (QED) is 0.848. The summed E-state index contributed by atoms with van der Waals surface area (Å²) in [5.41, 5.74) is 4.05. The van der Waals surface area contributed by atoms with Crippen LogP contribution in [0.1, 0.15) is 17.5 Å². The number of hydrogen-bond donors (Lipinski definition) is 2. The number of nitrogens with zero attached hydrogens (tertiary/aromatic N) is 1. The predicted molar refractivity (Wildman–Crippen MR) is 75.8 cm³/mol. The van der Waals surface area contributed by atoms with E-state index in [1.807, 2.05) is 0 Å². The second kappa shape index (κ2) is 5.12. The number of rotatable bonds is 2. The van der Waals surface area contributed by atoms with Crippen LogP contribution >= 0.6 is 0 Å². The van der Waals surface area contributed by atoms with Crippen LogP contribution in [0.25, 0.3) is 10.9 Å². The molecule has 0 bridgehead atoms. The van der Waals surface area contributed by atoms with Gasteiger partial charge in [-0.15, -0.1) is 0 Å². The Labute approximate surface area is 108 Å². The maximum Gasteiger partial charge on any atom is 0.0487 e. The summed E-state index contributed by atoms with van der Waals surface area (Å²) in [5.74, 6) is 0. The number of para-hydroxylation sites is 1. The zero-order valence-corrected chi connectivity index (χ0v) is 11.0. The minimum Gasteiger partial charge on any atom is -0.361 e. The van der Waals surface area contributed by atoms with Crippen LogP contribution in [0.2, 0.25) is 0 Å². The molecule has 0 aliphatic carbocycles. The molecule has 2 aromatic rings. The van der Waals surface area contributed by atoms with Crippen molar-refractivity contribution in [2.24, 2.45) is 0 Å². The lowest BCUT2D eigenvalue weighted by Gasteiger charge is -2.18. The first-order valence-electron chi connectivity index (χ1n) is 6.83. The highest BCUT2D eigenvalue weighted by Crippen LogP contribution is 2.22. The average Bonchev–Trinajstić information content (AvgIpc) is 2.61. The number of fused-ring (bicyclic) bond motifs is 1. The summed E-state index contributed by atoms with van der Waals surface area (Å²) in [6, 6.07) is 6.54. The van der Waals surface area contributed by atoms with Crippen molar-refractivity contribution in [2.75, 3.05) is 26.2 Å². The van der Waals surface area contributed by atoms with Crippen molar-refractivity contribution >= 4 is 10.9 Å². The SMILES string of the molecule is Cc1cccc2c(CN3CCCNCC3)c[nH]c12. The highest BCUT2D eigenvalue weighted by molar-refractivity contribution is 5.85. The monoisotopic (exact) mass is 243 g/mol. The van der Waals surface area contributed by atoms with Crippen LogP contribution in [0, 0.1) is 6.92 Å². The van der Waals surface area contributed by atoms with Crippen molar-refractivity contribution in [1.82, 2.24) is 15.2 Å². The molecule has 1 fully saturated rings. The van der Waals surface area contributed by atoms with Gasteiger partial charge in [-0.3, -0.25) is 4.90 Å². The van der Waals surface area contributed by atoms with Crippen molar-refractivity contribution in [3.8, 4) is 0 Å². The third-order valence-corrected chi connectivity index (χ3v) is 3.84. The van der Waals surface area contributed by atoms with E-state index in [9.17, 15) is 0 Å². The number of benzene rings is 1. The Morgan fingerprint density at radius 1 is 1.22 bits per heavy atom. The molecule has 3 rings (SSSR count). The van der Waals surface area contributed by atoms with Gasteiger partial charge >= 0.3 is 0 Å². The molecule has 1 saturated heterocycles. The molecule has 96 valence electrons. The Kier molecular flexibility index (Phi) is 3.35. The Morgan fingerprint density at radius 3 is 3.11 bits per heavy atom. The second-order valence-electron chi connectivity index (χ2n) is 5.19. The second-order valence-corrected chi connectivity index (χ2v) is 5.19. The van der Waals surface area contributed by atoms with E-state index in [1.165, 1.54) is 35.0 Å². The molecule has 1 aliphatic rings. The van der Waals surface area contributed by atoms with Gasteiger partial charge in [0.2, 0.25) is 0 Å². The van der Waals surface area contributed by atoms with Crippen molar-refractivity contribution < 1.29 is 0 Å². The van der Waals surface area contributed by atoms with E-state index in [4.69, 9.17) is 0 Å². The van der Waals surface area contributed by atoms with Gasteiger partial charge in [-0.05, 0) is 37.6 Å². The highest BCUT2D eigenvalue weighted by atomic mass is 15.1. The van der Waals surface area contributed by atoms with Crippen LogP contribution in [0.5, 0.6) is 0 Å². The smallest absolute Gasteiger partial charge is 0.0487 e. The lowest BCUT2D eigenvalue weighted by Crippen LogP contribution is -2.27. The fourth-order valence-electron chi connectivity index (χ4n) is 2.80. The summed E-state index contributed by atoms with van der Waals surface area (Å²) in [5, 5.41) is 4.84. The maximum atomic E-state index is 3.45. The molecule has 3 nitrogen and oxygen atoms in total.